The first-order chi connectivity index (χ1) is 18.8. The lowest BCUT2D eigenvalue weighted by atomic mass is 9.74. The summed E-state index contributed by atoms with van der Waals surface area (Å²) in [7, 11) is 0. The molecule has 1 spiro atoms. The van der Waals surface area contributed by atoms with Gasteiger partial charge in [0.1, 0.15) is 6.61 Å². The van der Waals surface area contributed by atoms with E-state index in [-0.39, 0.29) is 31.8 Å². The van der Waals surface area contributed by atoms with Gasteiger partial charge in [-0.1, -0.05) is 90.0 Å². The van der Waals surface area contributed by atoms with Crippen molar-refractivity contribution in [1.82, 2.24) is 10.2 Å². The van der Waals surface area contributed by atoms with E-state index in [4.69, 9.17) is 9.47 Å². The van der Waals surface area contributed by atoms with Crippen LogP contribution in [0.5, 0.6) is 0 Å². The fourth-order valence-electron chi connectivity index (χ4n) is 5.66. The zero-order chi connectivity index (χ0) is 27.5. The van der Waals surface area contributed by atoms with Crippen molar-refractivity contribution in [1.29, 1.82) is 0 Å². The van der Waals surface area contributed by atoms with Crippen LogP contribution in [-0.2, 0) is 26.4 Å². The fourth-order valence-corrected chi connectivity index (χ4v) is 5.66. The summed E-state index contributed by atoms with van der Waals surface area (Å²) < 4.78 is 12.4. The minimum Gasteiger partial charge on any atom is -0.445 e. The van der Waals surface area contributed by atoms with Gasteiger partial charge >= 0.3 is 6.09 Å². The molecule has 1 N–H and O–H groups in total. The van der Waals surface area contributed by atoms with E-state index in [2.05, 4.69) is 42.4 Å². The summed E-state index contributed by atoms with van der Waals surface area (Å²) in [6.07, 6.45) is 1.70. The summed E-state index contributed by atoms with van der Waals surface area (Å²) in [5.74, 6) is -0.199. The van der Waals surface area contributed by atoms with Gasteiger partial charge in [0, 0.05) is 0 Å². The summed E-state index contributed by atoms with van der Waals surface area (Å²) in [5, 5.41) is 2.71. The Labute approximate surface area is 229 Å². The van der Waals surface area contributed by atoms with Gasteiger partial charge < -0.3 is 14.8 Å². The smallest absolute Gasteiger partial charge is 0.411 e. The van der Waals surface area contributed by atoms with E-state index in [0.717, 1.165) is 16.7 Å². The second-order valence-corrected chi connectivity index (χ2v) is 10.7. The maximum Gasteiger partial charge on any atom is 0.411 e. The Hall–Kier alpha value is -3.97. The van der Waals surface area contributed by atoms with Crippen molar-refractivity contribution in [2.45, 2.75) is 57.4 Å². The van der Waals surface area contributed by atoms with Crippen LogP contribution in [0.4, 0.5) is 4.79 Å². The maximum atomic E-state index is 13.9. The molecule has 7 heteroatoms. The lowest BCUT2D eigenvalue weighted by Crippen LogP contribution is -2.63. The van der Waals surface area contributed by atoms with Crippen molar-refractivity contribution in [3.05, 3.63) is 107 Å². The fraction of sp³-hybridized carbons (Fsp3) is 0.344. The Kier molecular flexibility index (Phi) is 7.53. The lowest BCUT2D eigenvalue weighted by molar-refractivity contribution is -0.129. The molecule has 0 radical (unpaired) electrons. The molecule has 3 aromatic rings. The molecule has 2 heterocycles. The zero-order valence-electron chi connectivity index (χ0n) is 22.7. The van der Waals surface area contributed by atoms with Gasteiger partial charge in [0.2, 0.25) is 0 Å². The number of likely N-dealkylation sites (tertiary alicyclic amines) is 1. The van der Waals surface area contributed by atoms with Crippen molar-refractivity contribution < 1.29 is 19.1 Å². The quantitative estimate of drug-likeness (QED) is 0.435. The van der Waals surface area contributed by atoms with Gasteiger partial charge in [0.15, 0.2) is 5.54 Å². The highest BCUT2D eigenvalue weighted by Crippen LogP contribution is 2.44. The third-order valence-corrected chi connectivity index (χ3v) is 7.84. The standard InChI is InChI=1S/C32H35N3O4/c1-23-16-24(2)18-27(17-23)25(3)39-21-32(28-12-8-5-9-13-28)15-14-31(29(36)33-22-34-31)20-35(32)30(37)38-19-26-10-6-4-7-11-26/h4-13,16-18,22,25H,14-15,19-21H2,1-3H3,(H,33,34,36)/t25-,31?,32-/m1/s1. The number of aryl methyl sites for hydroxylation is 2. The normalized spacial score (nSPS) is 23.1. The predicted octanol–water partition coefficient (Wildman–Crippen LogP) is 5.61. The highest BCUT2D eigenvalue weighted by molar-refractivity contribution is 6.00. The molecule has 39 heavy (non-hydrogen) atoms. The summed E-state index contributed by atoms with van der Waals surface area (Å²) in [6.45, 7) is 6.65. The number of carbonyl (C=O) groups excluding carboxylic acids is 2. The third kappa shape index (κ3) is 5.45. The molecule has 2 aliphatic heterocycles. The Balaban J connectivity index is 1.49. The molecule has 2 aliphatic rings. The second-order valence-electron chi connectivity index (χ2n) is 10.7. The Morgan fingerprint density at radius 3 is 2.31 bits per heavy atom. The number of rotatable bonds is 7. The minimum absolute atomic E-state index is 0.0964. The van der Waals surface area contributed by atoms with E-state index >= 15 is 0 Å². The van der Waals surface area contributed by atoms with Gasteiger partial charge in [-0.3, -0.25) is 14.7 Å². The number of nitrogens with one attached hydrogen (secondary N) is 1. The van der Waals surface area contributed by atoms with E-state index in [1.54, 1.807) is 4.90 Å². The molecule has 5 rings (SSSR count). The van der Waals surface area contributed by atoms with Crippen LogP contribution in [0.15, 0.2) is 83.9 Å². The molecule has 1 saturated heterocycles. The number of hydrogen-bond acceptors (Lipinski definition) is 5. The van der Waals surface area contributed by atoms with Crippen molar-refractivity contribution in [3.8, 4) is 0 Å². The first-order valence-corrected chi connectivity index (χ1v) is 13.4. The topological polar surface area (TPSA) is 80.2 Å². The Morgan fingerprint density at radius 1 is 1.00 bits per heavy atom. The molecule has 0 aromatic heterocycles. The molecule has 0 aliphatic carbocycles. The molecule has 202 valence electrons. The van der Waals surface area contributed by atoms with E-state index < -0.39 is 17.2 Å². The molecule has 7 nitrogen and oxygen atoms in total. The lowest BCUT2D eigenvalue weighted by Gasteiger charge is -2.50. The summed E-state index contributed by atoms with van der Waals surface area (Å²) in [4.78, 5) is 33.0. The van der Waals surface area contributed by atoms with Crippen molar-refractivity contribution in [2.75, 3.05) is 13.2 Å². The average molecular weight is 526 g/mol. The third-order valence-electron chi connectivity index (χ3n) is 7.84. The molecule has 0 saturated carbocycles. The SMILES string of the molecule is Cc1cc(C)cc([C@@H](C)OC[C@@]2(c3ccccc3)CCC3(CN2C(=O)OCc2ccccc2)N=CNC3=O)c1. The van der Waals surface area contributed by atoms with Crippen LogP contribution in [0.25, 0.3) is 0 Å². The van der Waals surface area contributed by atoms with Gasteiger partial charge in [0.05, 0.1) is 31.1 Å². The van der Waals surface area contributed by atoms with E-state index in [0.29, 0.717) is 12.8 Å². The molecule has 1 unspecified atom stereocenters. The van der Waals surface area contributed by atoms with Crippen LogP contribution in [-0.4, -0.2) is 41.9 Å². The molecular formula is C32H35N3O4. The van der Waals surface area contributed by atoms with Crippen LogP contribution < -0.4 is 5.32 Å². The van der Waals surface area contributed by atoms with E-state index in [9.17, 15) is 9.59 Å². The summed E-state index contributed by atoms with van der Waals surface area (Å²) >= 11 is 0. The number of piperidine rings is 1. The average Bonchev–Trinajstić information content (AvgIpc) is 3.30. The van der Waals surface area contributed by atoms with Gasteiger partial charge in [-0.05, 0) is 50.3 Å². The van der Waals surface area contributed by atoms with E-state index in [1.807, 2.05) is 67.6 Å². The molecule has 3 aromatic carbocycles. The monoisotopic (exact) mass is 525 g/mol. The molecule has 0 bridgehead atoms. The van der Waals surface area contributed by atoms with Gasteiger partial charge in [-0.15, -0.1) is 0 Å². The zero-order valence-corrected chi connectivity index (χ0v) is 22.7. The van der Waals surface area contributed by atoms with Crippen LogP contribution in [0.3, 0.4) is 0 Å². The first-order valence-electron chi connectivity index (χ1n) is 13.4. The Morgan fingerprint density at radius 2 is 1.67 bits per heavy atom. The van der Waals surface area contributed by atoms with Crippen LogP contribution >= 0.6 is 0 Å². The van der Waals surface area contributed by atoms with Crippen molar-refractivity contribution >= 4 is 18.3 Å². The Bertz CT molecular complexity index is 1340. The number of benzene rings is 3. The predicted molar refractivity (Wildman–Crippen MR) is 150 cm³/mol. The number of carbonyl (C=O) groups is 2. The number of aliphatic imine (C=N–C) groups is 1. The highest BCUT2D eigenvalue weighted by Gasteiger charge is 2.55. The van der Waals surface area contributed by atoms with Crippen LogP contribution in [0, 0.1) is 13.8 Å². The van der Waals surface area contributed by atoms with Gasteiger partial charge in [-0.25, -0.2) is 4.79 Å². The van der Waals surface area contributed by atoms with Crippen LogP contribution in [0.2, 0.25) is 0 Å². The largest absolute Gasteiger partial charge is 0.445 e. The van der Waals surface area contributed by atoms with Gasteiger partial charge in [0.25, 0.3) is 5.91 Å². The number of nitrogens with zero attached hydrogens (tertiary/aromatic N) is 2. The number of ether oxygens (including phenoxy) is 2. The molecular weight excluding hydrogens is 490 g/mol. The minimum atomic E-state index is -1.04. The summed E-state index contributed by atoms with van der Waals surface area (Å²) in [6, 6.07) is 25.9. The summed E-state index contributed by atoms with van der Waals surface area (Å²) in [5.41, 5.74) is 3.38. The molecule has 2 amide bonds. The first kappa shape index (κ1) is 26.6. The van der Waals surface area contributed by atoms with Gasteiger partial charge in [-0.2, -0.15) is 0 Å². The molecule has 1 fully saturated rings. The number of amides is 2. The van der Waals surface area contributed by atoms with Crippen molar-refractivity contribution in [2.24, 2.45) is 4.99 Å². The van der Waals surface area contributed by atoms with Crippen molar-refractivity contribution in [3.63, 3.8) is 0 Å². The van der Waals surface area contributed by atoms with E-state index in [1.165, 1.54) is 17.5 Å². The molecule has 3 atom stereocenters. The second kappa shape index (κ2) is 11.0. The number of hydrogen-bond donors (Lipinski definition) is 1. The highest BCUT2D eigenvalue weighted by atomic mass is 16.6. The van der Waals surface area contributed by atoms with Crippen LogP contribution in [0.1, 0.15) is 53.7 Å². The maximum absolute atomic E-state index is 13.9.